The summed E-state index contributed by atoms with van der Waals surface area (Å²) < 4.78 is 11.0. The fourth-order valence-corrected chi connectivity index (χ4v) is 3.20. The van der Waals surface area contributed by atoms with Crippen LogP contribution in [0.3, 0.4) is 0 Å². The molecule has 0 unspecified atom stereocenters. The van der Waals surface area contributed by atoms with Gasteiger partial charge < -0.3 is 24.6 Å². The molecule has 2 aromatic carbocycles. The first kappa shape index (κ1) is 17.2. The summed E-state index contributed by atoms with van der Waals surface area (Å²) in [6, 6.07) is 14.4. The van der Waals surface area contributed by atoms with E-state index in [2.05, 4.69) is 5.32 Å². The van der Waals surface area contributed by atoms with Crippen molar-refractivity contribution in [2.45, 2.75) is 0 Å². The average molecular weight is 367 g/mol. The SMILES string of the molecule is O=C(Nc1ccc2c(c1)OCCO2)N1CCN(C(=O)c2ccccc2)CC1. The van der Waals surface area contributed by atoms with Gasteiger partial charge in [-0.3, -0.25) is 4.79 Å². The van der Waals surface area contributed by atoms with Gasteiger partial charge >= 0.3 is 6.03 Å². The van der Waals surface area contributed by atoms with Gasteiger partial charge in [0.15, 0.2) is 11.5 Å². The molecule has 0 aliphatic carbocycles. The molecule has 0 aromatic heterocycles. The number of carbonyl (C=O) groups excluding carboxylic acids is 2. The molecule has 1 saturated heterocycles. The van der Waals surface area contributed by atoms with E-state index in [0.29, 0.717) is 62.1 Å². The van der Waals surface area contributed by atoms with E-state index in [1.807, 2.05) is 30.3 Å². The van der Waals surface area contributed by atoms with Gasteiger partial charge in [0.25, 0.3) is 5.91 Å². The van der Waals surface area contributed by atoms with Gasteiger partial charge in [-0.25, -0.2) is 4.79 Å². The van der Waals surface area contributed by atoms with Crippen molar-refractivity contribution < 1.29 is 19.1 Å². The molecule has 0 spiro atoms. The summed E-state index contributed by atoms with van der Waals surface area (Å²) in [6.07, 6.45) is 0. The van der Waals surface area contributed by atoms with E-state index in [0.717, 1.165) is 0 Å². The largest absolute Gasteiger partial charge is 0.486 e. The minimum atomic E-state index is -0.182. The van der Waals surface area contributed by atoms with E-state index in [9.17, 15) is 9.59 Å². The van der Waals surface area contributed by atoms with Gasteiger partial charge in [-0.15, -0.1) is 0 Å². The molecule has 2 aliphatic heterocycles. The lowest BCUT2D eigenvalue weighted by Gasteiger charge is -2.34. The second-order valence-electron chi connectivity index (χ2n) is 6.43. The molecule has 27 heavy (non-hydrogen) atoms. The number of piperazine rings is 1. The quantitative estimate of drug-likeness (QED) is 0.885. The van der Waals surface area contributed by atoms with Crippen LogP contribution in [0, 0.1) is 0 Å². The number of ether oxygens (including phenoxy) is 2. The van der Waals surface area contributed by atoms with E-state index in [-0.39, 0.29) is 11.9 Å². The molecule has 2 aromatic rings. The number of carbonyl (C=O) groups is 2. The molecule has 7 heteroatoms. The van der Waals surface area contributed by atoms with E-state index in [1.54, 1.807) is 28.0 Å². The van der Waals surface area contributed by atoms with E-state index in [1.165, 1.54) is 0 Å². The van der Waals surface area contributed by atoms with Gasteiger partial charge in [-0.2, -0.15) is 0 Å². The Bertz CT molecular complexity index is 832. The standard InChI is InChI=1S/C20H21N3O4/c24-19(15-4-2-1-3-5-15)22-8-10-23(11-9-22)20(25)21-16-6-7-17-18(14-16)27-13-12-26-17/h1-7,14H,8-13H2,(H,21,25). The van der Waals surface area contributed by atoms with E-state index < -0.39 is 0 Å². The van der Waals surface area contributed by atoms with Crippen LogP contribution in [0.2, 0.25) is 0 Å². The van der Waals surface area contributed by atoms with Crippen molar-refractivity contribution in [3.8, 4) is 11.5 Å². The maximum atomic E-state index is 12.5. The summed E-state index contributed by atoms with van der Waals surface area (Å²) in [5.41, 5.74) is 1.33. The van der Waals surface area contributed by atoms with Crippen molar-refractivity contribution in [1.29, 1.82) is 0 Å². The topological polar surface area (TPSA) is 71.1 Å². The van der Waals surface area contributed by atoms with Gasteiger partial charge in [-0.05, 0) is 24.3 Å². The van der Waals surface area contributed by atoms with Crippen molar-refractivity contribution in [2.75, 3.05) is 44.7 Å². The number of hydrogen-bond acceptors (Lipinski definition) is 4. The van der Waals surface area contributed by atoms with Crippen molar-refractivity contribution in [1.82, 2.24) is 9.80 Å². The zero-order chi connectivity index (χ0) is 18.6. The molecule has 1 N–H and O–H groups in total. The Hall–Kier alpha value is -3.22. The average Bonchev–Trinajstić information content (AvgIpc) is 2.74. The molecule has 3 amide bonds. The van der Waals surface area contributed by atoms with Crippen molar-refractivity contribution in [3.63, 3.8) is 0 Å². The first-order valence-electron chi connectivity index (χ1n) is 9.00. The monoisotopic (exact) mass is 367 g/mol. The lowest BCUT2D eigenvalue weighted by atomic mass is 10.2. The minimum absolute atomic E-state index is 0.00231. The third-order valence-corrected chi connectivity index (χ3v) is 4.67. The molecule has 0 radical (unpaired) electrons. The van der Waals surface area contributed by atoms with Gasteiger partial charge in [0.2, 0.25) is 0 Å². The Morgan fingerprint density at radius 2 is 1.48 bits per heavy atom. The fourth-order valence-electron chi connectivity index (χ4n) is 3.20. The van der Waals surface area contributed by atoms with Gasteiger partial charge in [0, 0.05) is 43.5 Å². The second-order valence-corrected chi connectivity index (χ2v) is 6.43. The number of hydrogen-bond donors (Lipinski definition) is 1. The van der Waals surface area contributed by atoms with Crippen LogP contribution >= 0.6 is 0 Å². The number of nitrogens with one attached hydrogen (secondary N) is 1. The van der Waals surface area contributed by atoms with Crippen LogP contribution in [0.15, 0.2) is 48.5 Å². The first-order chi connectivity index (χ1) is 13.2. The summed E-state index contributed by atoms with van der Waals surface area (Å²) in [4.78, 5) is 28.5. The molecular formula is C20H21N3O4. The zero-order valence-corrected chi connectivity index (χ0v) is 14.9. The van der Waals surface area contributed by atoms with Crippen LogP contribution < -0.4 is 14.8 Å². The van der Waals surface area contributed by atoms with Crippen LogP contribution in [0.1, 0.15) is 10.4 Å². The summed E-state index contributed by atoms with van der Waals surface area (Å²) >= 11 is 0. The third-order valence-electron chi connectivity index (χ3n) is 4.67. The van der Waals surface area contributed by atoms with E-state index >= 15 is 0 Å². The number of urea groups is 1. The number of nitrogens with zero attached hydrogens (tertiary/aromatic N) is 2. The van der Waals surface area contributed by atoms with Crippen molar-refractivity contribution in [3.05, 3.63) is 54.1 Å². The zero-order valence-electron chi connectivity index (χ0n) is 14.9. The predicted molar refractivity (Wildman–Crippen MR) is 100 cm³/mol. The molecule has 7 nitrogen and oxygen atoms in total. The number of amides is 3. The number of benzene rings is 2. The smallest absolute Gasteiger partial charge is 0.321 e. The summed E-state index contributed by atoms with van der Waals surface area (Å²) in [6.45, 7) is 3.06. The lowest BCUT2D eigenvalue weighted by Crippen LogP contribution is -2.51. The number of fused-ring (bicyclic) bond motifs is 1. The normalized spacial score (nSPS) is 16.0. The highest BCUT2D eigenvalue weighted by atomic mass is 16.6. The van der Waals surface area contributed by atoms with Gasteiger partial charge in [0.05, 0.1) is 0 Å². The molecular weight excluding hydrogens is 346 g/mol. The lowest BCUT2D eigenvalue weighted by molar-refractivity contribution is 0.0671. The van der Waals surface area contributed by atoms with Crippen LogP contribution in [-0.2, 0) is 0 Å². The molecule has 0 saturated carbocycles. The van der Waals surface area contributed by atoms with E-state index in [4.69, 9.17) is 9.47 Å². The van der Waals surface area contributed by atoms with Crippen LogP contribution in [0.25, 0.3) is 0 Å². The molecule has 2 aliphatic rings. The van der Waals surface area contributed by atoms with Crippen molar-refractivity contribution in [2.24, 2.45) is 0 Å². The third kappa shape index (κ3) is 3.81. The molecule has 0 atom stereocenters. The van der Waals surface area contributed by atoms with Crippen LogP contribution in [0.4, 0.5) is 10.5 Å². The highest BCUT2D eigenvalue weighted by Gasteiger charge is 2.25. The highest BCUT2D eigenvalue weighted by Crippen LogP contribution is 2.32. The minimum Gasteiger partial charge on any atom is -0.486 e. The molecule has 140 valence electrons. The Morgan fingerprint density at radius 1 is 0.815 bits per heavy atom. The molecule has 2 heterocycles. The molecule has 0 bridgehead atoms. The Morgan fingerprint density at radius 3 is 2.22 bits per heavy atom. The highest BCUT2D eigenvalue weighted by molar-refractivity contribution is 5.94. The Labute approximate surface area is 157 Å². The fraction of sp³-hybridized carbons (Fsp3) is 0.300. The maximum Gasteiger partial charge on any atom is 0.321 e. The van der Waals surface area contributed by atoms with Gasteiger partial charge in [-0.1, -0.05) is 18.2 Å². The summed E-state index contributed by atoms with van der Waals surface area (Å²) in [7, 11) is 0. The number of rotatable bonds is 2. The van der Waals surface area contributed by atoms with Crippen LogP contribution in [-0.4, -0.2) is 61.1 Å². The van der Waals surface area contributed by atoms with Gasteiger partial charge in [0.1, 0.15) is 13.2 Å². The predicted octanol–water partition coefficient (Wildman–Crippen LogP) is 2.45. The Balaban J connectivity index is 1.33. The number of anilines is 1. The summed E-state index contributed by atoms with van der Waals surface area (Å²) in [5.74, 6) is 1.33. The maximum absolute atomic E-state index is 12.5. The van der Waals surface area contributed by atoms with Crippen molar-refractivity contribution >= 4 is 17.6 Å². The Kier molecular flexibility index (Phi) is 4.82. The first-order valence-corrected chi connectivity index (χ1v) is 9.00. The summed E-state index contributed by atoms with van der Waals surface area (Å²) in [5, 5.41) is 2.89. The second kappa shape index (κ2) is 7.57. The van der Waals surface area contributed by atoms with Crippen LogP contribution in [0.5, 0.6) is 11.5 Å². The molecule has 1 fully saturated rings. The molecule has 4 rings (SSSR count).